The second-order valence-corrected chi connectivity index (χ2v) is 6.98. The summed E-state index contributed by atoms with van der Waals surface area (Å²) >= 11 is 0. The van der Waals surface area contributed by atoms with Crippen LogP contribution in [-0.2, 0) is 11.0 Å². The van der Waals surface area contributed by atoms with E-state index in [0.29, 0.717) is 7.05 Å². The molecule has 28 heavy (non-hydrogen) atoms. The molecule has 1 atom stereocenters. The maximum atomic E-state index is 13.6. The average molecular weight is 469 g/mol. The van der Waals surface area contributed by atoms with Crippen molar-refractivity contribution >= 4 is 11.0 Å². The summed E-state index contributed by atoms with van der Waals surface area (Å²) in [5, 5.41) is 1.77. The first kappa shape index (κ1) is 27.2. The minimum atomic E-state index is -8.02. The second kappa shape index (κ2) is 8.12. The van der Waals surface area contributed by atoms with E-state index in [1.807, 2.05) is 0 Å². The summed E-state index contributed by atoms with van der Waals surface area (Å²) in [5.74, 6) is -31.4. The van der Waals surface area contributed by atoms with Crippen molar-refractivity contribution < 1.29 is 66.4 Å². The lowest BCUT2D eigenvalue weighted by molar-refractivity contribution is -0.433. The molecule has 1 unspecified atom stereocenters. The van der Waals surface area contributed by atoms with Crippen LogP contribution in [0.3, 0.4) is 0 Å². The lowest BCUT2D eigenvalue weighted by Gasteiger charge is -2.39. The molecular weight excluding hydrogens is 457 g/mol. The predicted molar refractivity (Wildman–Crippen MR) is 67.9 cm³/mol. The normalized spacial score (nSPS) is 16.6. The van der Waals surface area contributed by atoms with Gasteiger partial charge in [0.15, 0.2) is 11.0 Å². The van der Waals surface area contributed by atoms with Crippen LogP contribution in [-0.4, -0.2) is 68.9 Å². The Morgan fingerprint density at radius 1 is 0.714 bits per heavy atom. The molecule has 0 spiro atoms. The van der Waals surface area contributed by atoms with E-state index in [-0.39, 0.29) is 17.1 Å². The summed E-state index contributed by atoms with van der Waals surface area (Å²) in [4.78, 5) is 0. The monoisotopic (exact) mass is 469 g/mol. The zero-order valence-corrected chi connectivity index (χ0v) is 14.3. The van der Waals surface area contributed by atoms with Crippen molar-refractivity contribution in [3.05, 3.63) is 0 Å². The minimum Gasteiger partial charge on any atom is -0.396 e. The maximum Gasteiger partial charge on any atom is 0.460 e. The molecule has 0 aromatic heterocycles. The Labute approximate surface area is 151 Å². The van der Waals surface area contributed by atoms with Gasteiger partial charge in [-0.05, 0) is 19.9 Å². The highest BCUT2D eigenvalue weighted by Gasteiger charge is 2.91. The molecule has 0 fully saturated rings. The van der Waals surface area contributed by atoms with Gasteiger partial charge in [0.25, 0.3) is 0 Å². The fourth-order valence-electron chi connectivity index (χ4n) is 1.59. The fraction of sp³-hybridized carbons (Fsp3) is 1.00. The SMILES string of the molecule is CN(CCCCO)S(=O)C(F)(F)C(F)(F)C(F)(F)C(F)(F)C(F)(F)C(F)(F)F. The Morgan fingerprint density at radius 2 is 1.11 bits per heavy atom. The van der Waals surface area contributed by atoms with Gasteiger partial charge in [-0.25, -0.2) is 8.51 Å². The lowest BCUT2D eigenvalue weighted by Crippen LogP contribution is -2.71. The van der Waals surface area contributed by atoms with Crippen molar-refractivity contribution in [2.75, 3.05) is 20.2 Å². The van der Waals surface area contributed by atoms with E-state index in [9.17, 15) is 61.3 Å². The van der Waals surface area contributed by atoms with Gasteiger partial charge in [-0.2, -0.15) is 57.1 Å². The van der Waals surface area contributed by atoms with Gasteiger partial charge >= 0.3 is 35.1 Å². The highest BCUT2D eigenvalue weighted by molar-refractivity contribution is 7.83. The number of rotatable bonds is 10. The van der Waals surface area contributed by atoms with Crippen LogP contribution in [0.5, 0.6) is 0 Å². The number of unbranched alkanes of at least 4 members (excludes halogenated alkanes) is 1. The molecule has 0 saturated heterocycles. The van der Waals surface area contributed by atoms with E-state index in [4.69, 9.17) is 5.11 Å². The van der Waals surface area contributed by atoms with E-state index < -0.39 is 59.3 Å². The van der Waals surface area contributed by atoms with Gasteiger partial charge < -0.3 is 5.11 Å². The summed E-state index contributed by atoms with van der Waals surface area (Å²) in [6.07, 6.45) is -7.99. The number of hydrogen-bond donors (Lipinski definition) is 1. The van der Waals surface area contributed by atoms with Crippen molar-refractivity contribution in [2.45, 2.75) is 48.0 Å². The van der Waals surface area contributed by atoms with E-state index >= 15 is 0 Å². The molecule has 3 nitrogen and oxygen atoms in total. The van der Waals surface area contributed by atoms with Crippen molar-refractivity contribution in [3.63, 3.8) is 0 Å². The predicted octanol–water partition coefficient (Wildman–Crippen LogP) is 4.05. The van der Waals surface area contributed by atoms with Gasteiger partial charge in [-0.15, -0.1) is 0 Å². The molecule has 0 saturated carbocycles. The molecule has 1 N–H and O–H groups in total. The van der Waals surface area contributed by atoms with Crippen molar-refractivity contribution in [2.24, 2.45) is 0 Å². The van der Waals surface area contributed by atoms with Crippen LogP contribution in [0.2, 0.25) is 0 Å². The number of aliphatic hydroxyl groups excluding tert-OH is 1. The Kier molecular flexibility index (Phi) is 7.88. The van der Waals surface area contributed by atoms with Crippen LogP contribution in [0.1, 0.15) is 12.8 Å². The Balaban J connectivity index is 6.08. The van der Waals surface area contributed by atoms with Gasteiger partial charge in [0.2, 0.25) is 0 Å². The van der Waals surface area contributed by atoms with Crippen LogP contribution in [0.4, 0.5) is 57.1 Å². The van der Waals surface area contributed by atoms with Crippen LogP contribution in [0.25, 0.3) is 0 Å². The van der Waals surface area contributed by atoms with E-state index in [1.165, 1.54) is 0 Å². The molecule has 0 amide bonds. The Morgan fingerprint density at radius 3 is 1.46 bits per heavy atom. The first-order chi connectivity index (χ1) is 12.1. The van der Waals surface area contributed by atoms with Crippen LogP contribution in [0.15, 0.2) is 0 Å². The summed E-state index contributed by atoms with van der Waals surface area (Å²) in [5.41, 5.74) is 0. The molecule has 0 heterocycles. The third-order valence-corrected chi connectivity index (χ3v) is 4.73. The smallest absolute Gasteiger partial charge is 0.396 e. The summed E-state index contributed by atoms with van der Waals surface area (Å²) in [6.45, 7) is -1.39. The zero-order chi connectivity index (χ0) is 23.0. The highest BCUT2D eigenvalue weighted by atomic mass is 32.2. The zero-order valence-electron chi connectivity index (χ0n) is 13.5. The van der Waals surface area contributed by atoms with E-state index in [0.717, 1.165) is 0 Å². The first-order valence-corrected chi connectivity index (χ1v) is 7.95. The van der Waals surface area contributed by atoms with Crippen molar-refractivity contribution in [1.29, 1.82) is 0 Å². The molecule has 0 bridgehead atoms. The van der Waals surface area contributed by atoms with Crippen molar-refractivity contribution in [1.82, 2.24) is 4.31 Å². The standard InChI is InChI=1S/C11H12F13NO2S/c1-25(4-2-3-5-26)28(27)11(23,24)9(18,19)7(14,15)6(12,13)8(16,17)10(20,21)22/h26H,2-5H2,1H3. The maximum absolute atomic E-state index is 13.6. The van der Waals surface area contributed by atoms with Gasteiger partial charge in [-0.3, -0.25) is 0 Å². The summed E-state index contributed by atoms with van der Waals surface area (Å²) < 4.78 is 179. The van der Waals surface area contributed by atoms with Crippen molar-refractivity contribution in [3.8, 4) is 0 Å². The molecule has 0 aliphatic heterocycles. The molecule has 170 valence electrons. The number of alkyl halides is 13. The third kappa shape index (κ3) is 4.20. The third-order valence-electron chi connectivity index (χ3n) is 3.29. The molecular formula is C11H12F13NO2S. The molecule has 0 aliphatic rings. The quantitative estimate of drug-likeness (QED) is 0.388. The number of halogens is 13. The molecule has 0 aromatic rings. The Bertz CT molecular complexity index is 563. The molecule has 17 heteroatoms. The summed E-state index contributed by atoms with van der Waals surface area (Å²) in [7, 11) is -4.18. The number of aliphatic hydroxyl groups is 1. The van der Waals surface area contributed by atoms with Gasteiger partial charge in [0.05, 0.1) is 0 Å². The highest BCUT2D eigenvalue weighted by Crippen LogP contribution is 2.60. The van der Waals surface area contributed by atoms with Gasteiger partial charge in [-0.1, -0.05) is 0 Å². The average Bonchev–Trinajstić information content (AvgIpc) is 2.52. The molecule has 0 aliphatic carbocycles. The van der Waals surface area contributed by atoms with Gasteiger partial charge in [0, 0.05) is 13.2 Å². The minimum absolute atomic E-state index is 0.171. The van der Waals surface area contributed by atoms with E-state index in [2.05, 4.69) is 0 Å². The van der Waals surface area contributed by atoms with Crippen LogP contribution in [0, 0.1) is 0 Å². The van der Waals surface area contributed by atoms with Gasteiger partial charge in [0.1, 0.15) is 0 Å². The topological polar surface area (TPSA) is 40.5 Å². The fourth-order valence-corrected chi connectivity index (χ4v) is 2.62. The Hall–Kier alpha value is -0.840. The largest absolute Gasteiger partial charge is 0.460 e. The second-order valence-electron chi connectivity index (χ2n) is 5.34. The molecule has 0 radical (unpaired) electrons. The summed E-state index contributed by atoms with van der Waals surface area (Å²) in [6, 6.07) is 0. The number of hydrogen-bond acceptors (Lipinski definition) is 2. The molecule has 0 aromatic carbocycles. The van der Waals surface area contributed by atoms with E-state index in [1.54, 1.807) is 0 Å². The lowest BCUT2D eigenvalue weighted by atomic mass is 9.98. The van der Waals surface area contributed by atoms with Crippen LogP contribution >= 0.6 is 0 Å². The first-order valence-electron chi connectivity index (χ1n) is 6.84. The number of nitrogens with zero attached hydrogens (tertiary/aromatic N) is 1. The molecule has 0 rings (SSSR count). The van der Waals surface area contributed by atoms with Crippen LogP contribution < -0.4 is 0 Å².